The summed E-state index contributed by atoms with van der Waals surface area (Å²) in [6.45, 7) is 1.07. The lowest BCUT2D eigenvalue weighted by Gasteiger charge is -2.41. The third kappa shape index (κ3) is 7.67. The summed E-state index contributed by atoms with van der Waals surface area (Å²) in [5, 5.41) is 31.7. The molecule has 0 N–H and O–H groups in total. The molecule has 6 rings (SSSR count). The van der Waals surface area contributed by atoms with Crippen LogP contribution in [0.2, 0.25) is 0 Å². The van der Waals surface area contributed by atoms with Gasteiger partial charge in [0.05, 0.1) is 15.4 Å². The van der Waals surface area contributed by atoms with Crippen molar-refractivity contribution in [3.8, 4) is 12.1 Å². The summed E-state index contributed by atoms with van der Waals surface area (Å²) in [5.74, 6) is 0. The Balaban J connectivity index is 0.00000168. The molecule has 0 aromatic heterocycles. The molecule has 0 aliphatic rings. The molecule has 0 heterocycles. The first kappa shape index (κ1) is 39.1. The number of nitrogens with zero attached hydrogens (tertiary/aromatic N) is 2. The normalized spacial score (nSPS) is 11.4. The van der Waals surface area contributed by atoms with Crippen LogP contribution in [0.5, 0.6) is 0 Å². The number of hydrogen-bond donors (Lipinski definition) is 0. The SMILES string of the molecule is CC(C)(C)P(C(C#N)=P(c1ccccc1)(c1ccccc1)c1ccccc1)C(C#N)=P(c1ccccc1)(c1ccccc1)c1ccccc1.ClCCl. The van der Waals surface area contributed by atoms with Crippen molar-refractivity contribution >= 4 is 86.8 Å². The molecule has 0 radical (unpaired) electrons. The molecular formula is C45H41Cl2N2P3. The van der Waals surface area contributed by atoms with Gasteiger partial charge >= 0.3 is 0 Å². The van der Waals surface area contributed by atoms with Crippen LogP contribution in [0.25, 0.3) is 0 Å². The summed E-state index contributed by atoms with van der Waals surface area (Å²) >= 11 is 9.53. The average Bonchev–Trinajstić information content (AvgIpc) is 3.19. The lowest BCUT2D eigenvalue weighted by atomic mass is 10.3. The van der Waals surface area contributed by atoms with Crippen LogP contribution in [-0.2, 0) is 0 Å². The molecule has 260 valence electrons. The molecule has 7 heteroatoms. The van der Waals surface area contributed by atoms with Gasteiger partial charge in [-0.05, 0) is 58.7 Å². The highest BCUT2D eigenvalue weighted by Gasteiger charge is 2.44. The molecule has 0 aliphatic carbocycles. The van der Waals surface area contributed by atoms with Gasteiger partial charge in [-0.25, -0.2) is 0 Å². The van der Waals surface area contributed by atoms with Crippen molar-refractivity contribution in [3.05, 3.63) is 182 Å². The minimum atomic E-state index is -2.80. The fourth-order valence-corrected chi connectivity index (χ4v) is 22.9. The molecule has 0 fully saturated rings. The number of alkyl halides is 2. The summed E-state index contributed by atoms with van der Waals surface area (Å²) in [7, 11) is -1.54. The Bertz CT molecular complexity index is 1880. The summed E-state index contributed by atoms with van der Waals surface area (Å²) in [6.07, 6.45) is 0. The average molecular weight is 774 g/mol. The Morgan fingerprint density at radius 3 is 0.750 bits per heavy atom. The monoisotopic (exact) mass is 772 g/mol. The van der Waals surface area contributed by atoms with Gasteiger partial charge < -0.3 is 0 Å². The van der Waals surface area contributed by atoms with E-state index in [4.69, 9.17) is 23.2 Å². The molecule has 0 atom stereocenters. The van der Waals surface area contributed by atoms with Gasteiger partial charge in [-0.2, -0.15) is 10.5 Å². The van der Waals surface area contributed by atoms with Crippen molar-refractivity contribution in [1.29, 1.82) is 10.5 Å². The Morgan fingerprint density at radius 2 is 0.615 bits per heavy atom. The van der Waals surface area contributed by atoms with Crippen LogP contribution in [0, 0.1) is 22.7 Å². The maximum Gasteiger partial charge on any atom is 0.101 e. The van der Waals surface area contributed by atoms with Gasteiger partial charge in [-0.1, -0.05) is 203 Å². The first-order chi connectivity index (χ1) is 25.3. The molecule has 52 heavy (non-hydrogen) atoms. The van der Waals surface area contributed by atoms with Crippen molar-refractivity contribution in [2.75, 3.05) is 5.34 Å². The van der Waals surface area contributed by atoms with E-state index in [1.807, 2.05) is 36.4 Å². The molecule has 6 aromatic carbocycles. The van der Waals surface area contributed by atoms with Gasteiger partial charge in [0.15, 0.2) is 0 Å². The predicted molar refractivity (Wildman–Crippen MR) is 235 cm³/mol. The van der Waals surface area contributed by atoms with E-state index in [2.05, 4.69) is 179 Å². The van der Waals surface area contributed by atoms with Crippen LogP contribution < -0.4 is 31.8 Å². The number of hydrogen-bond acceptors (Lipinski definition) is 2. The Kier molecular flexibility index (Phi) is 13.6. The van der Waals surface area contributed by atoms with Crippen molar-refractivity contribution in [2.24, 2.45) is 0 Å². The van der Waals surface area contributed by atoms with Crippen molar-refractivity contribution in [1.82, 2.24) is 0 Å². The zero-order valence-corrected chi connectivity index (χ0v) is 33.7. The molecule has 0 spiro atoms. The molecule has 0 amide bonds. The largest absolute Gasteiger partial charge is 0.192 e. The van der Waals surface area contributed by atoms with Crippen LogP contribution in [0.3, 0.4) is 0 Å². The first-order valence-corrected chi connectivity index (χ1v) is 22.9. The number of halogens is 2. The Labute approximate surface area is 321 Å². The minimum absolute atomic E-state index is 0.194. The Morgan fingerprint density at radius 1 is 0.442 bits per heavy atom. The van der Waals surface area contributed by atoms with Crippen LogP contribution in [0.1, 0.15) is 20.8 Å². The van der Waals surface area contributed by atoms with Gasteiger partial charge in [0.25, 0.3) is 0 Å². The van der Waals surface area contributed by atoms with Crippen LogP contribution in [0.15, 0.2) is 182 Å². The first-order valence-electron chi connectivity index (χ1n) is 16.9. The van der Waals surface area contributed by atoms with Crippen molar-refractivity contribution in [3.63, 3.8) is 0 Å². The smallest absolute Gasteiger partial charge is 0.101 e. The van der Waals surface area contributed by atoms with Crippen molar-refractivity contribution < 1.29 is 0 Å². The molecule has 0 saturated carbocycles. The quantitative estimate of drug-likeness (QED) is 0.114. The van der Waals surface area contributed by atoms with Crippen LogP contribution in [-0.4, -0.2) is 20.6 Å². The highest BCUT2D eigenvalue weighted by atomic mass is 35.5. The summed E-state index contributed by atoms with van der Waals surface area (Å²) < 4.78 is 0. The standard InChI is InChI=1S/C44H39N2P3.CH2Cl2/c1-44(2,3)47(42(34-45)48(36-22-10-4-11-23-36,37-24-12-5-13-25-37)38-26-14-6-15-27-38)43(35-46)49(39-28-16-7-17-29-39,40-30-18-8-19-31-40)41-32-20-9-21-33-41;2-1-3/h4-33H,1-3H3;1H2. The minimum Gasteiger partial charge on any atom is -0.192 e. The molecule has 0 unspecified atom stereocenters. The molecule has 0 aliphatic heterocycles. The van der Waals surface area contributed by atoms with E-state index in [1.165, 1.54) is 0 Å². The molecule has 0 bridgehead atoms. The third-order valence-electron chi connectivity index (χ3n) is 8.79. The summed E-state index contributed by atoms with van der Waals surface area (Å²) in [4.78, 5) is 0. The molecule has 6 aromatic rings. The summed E-state index contributed by atoms with van der Waals surface area (Å²) in [5.41, 5.74) is 0. The van der Waals surface area contributed by atoms with E-state index in [9.17, 15) is 10.5 Å². The highest BCUT2D eigenvalue weighted by molar-refractivity contribution is 8.19. The van der Waals surface area contributed by atoms with E-state index in [1.54, 1.807) is 0 Å². The number of nitriles is 2. The second kappa shape index (κ2) is 18.1. The van der Waals surface area contributed by atoms with E-state index in [-0.39, 0.29) is 5.34 Å². The van der Waals surface area contributed by atoms with E-state index >= 15 is 0 Å². The highest BCUT2D eigenvalue weighted by Crippen LogP contribution is 2.66. The zero-order chi connectivity index (χ0) is 37.0. The van der Waals surface area contributed by atoms with Crippen LogP contribution in [0.4, 0.5) is 0 Å². The lowest BCUT2D eigenvalue weighted by Crippen LogP contribution is -2.35. The Hall–Kier alpha value is -4.09. The van der Waals surface area contributed by atoms with Crippen LogP contribution >= 0.6 is 44.9 Å². The van der Waals surface area contributed by atoms with Crippen molar-refractivity contribution in [2.45, 2.75) is 25.9 Å². The lowest BCUT2D eigenvalue weighted by molar-refractivity contribution is 0.797. The van der Waals surface area contributed by atoms with Gasteiger partial charge in [-0.3, -0.25) is 0 Å². The predicted octanol–water partition coefficient (Wildman–Crippen LogP) is 9.98. The molecular weight excluding hydrogens is 732 g/mol. The van der Waals surface area contributed by atoms with Gasteiger partial charge in [0, 0.05) is 0 Å². The second-order valence-electron chi connectivity index (χ2n) is 12.8. The van der Waals surface area contributed by atoms with Gasteiger partial charge in [-0.15, -0.1) is 23.2 Å². The van der Waals surface area contributed by atoms with E-state index in [0.717, 1.165) is 41.9 Å². The molecule has 2 nitrogen and oxygen atoms in total. The number of benzene rings is 6. The van der Waals surface area contributed by atoms with Gasteiger partial charge in [0.1, 0.15) is 12.1 Å². The fraction of sp³-hybridized carbons (Fsp3) is 0.111. The molecule has 0 saturated heterocycles. The number of rotatable bonds is 8. The maximum atomic E-state index is 11.8. The van der Waals surface area contributed by atoms with E-state index < -0.39 is 26.8 Å². The third-order valence-corrected chi connectivity index (χ3v) is 22.1. The zero-order valence-electron chi connectivity index (χ0n) is 29.5. The fourth-order valence-electron chi connectivity index (χ4n) is 6.82. The second-order valence-corrected chi connectivity index (χ2v) is 23.9. The van der Waals surface area contributed by atoms with Gasteiger partial charge in [0.2, 0.25) is 0 Å². The topological polar surface area (TPSA) is 47.6 Å². The summed E-state index contributed by atoms with van der Waals surface area (Å²) in [6, 6.07) is 69.2. The van der Waals surface area contributed by atoms with E-state index in [0.29, 0.717) is 0 Å². The maximum absolute atomic E-state index is 11.8.